The normalized spacial score (nSPS) is 23.8. The van der Waals surface area contributed by atoms with Crippen LogP contribution in [0.15, 0.2) is 23.4 Å². The number of hydrogen-bond donors (Lipinski definition) is 1. The predicted octanol–water partition coefficient (Wildman–Crippen LogP) is 1.83. The Morgan fingerprint density at radius 2 is 2.05 bits per heavy atom. The highest BCUT2D eigenvalue weighted by Gasteiger charge is 2.43. The molecule has 0 radical (unpaired) electrons. The van der Waals surface area contributed by atoms with E-state index in [4.69, 9.17) is 5.73 Å². The highest BCUT2D eigenvalue weighted by Crippen LogP contribution is 2.37. The first-order chi connectivity index (χ1) is 9.66. The molecule has 2 fully saturated rings. The molecule has 2 N–H and O–H groups in total. The molecule has 1 saturated heterocycles. The van der Waals surface area contributed by atoms with Crippen molar-refractivity contribution < 1.29 is 9.59 Å². The number of nitrogens with two attached hydrogens (primary N) is 1. The minimum absolute atomic E-state index is 0.0352. The third kappa shape index (κ3) is 2.40. The van der Waals surface area contributed by atoms with Crippen molar-refractivity contribution in [1.82, 2.24) is 9.88 Å². The summed E-state index contributed by atoms with van der Waals surface area (Å²) in [6.45, 7) is 0. The second kappa shape index (κ2) is 5.44. The molecule has 106 valence electrons. The Labute approximate surface area is 121 Å². The van der Waals surface area contributed by atoms with Crippen molar-refractivity contribution in [3.05, 3.63) is 18.5 Å². The number of likely N-dealkylation sites (tertiary alicyclic amines) is 1. The average Bonchev–Trinajstić information content (AvgIpc) is 3.02. The minimum atomic E-state index is -0.340. The fourth-order valence-corrected chi connectivity index (χ4v) is 3.99. The van der Waals surface area contributed by atoms with Crippen molar-refractivity contribution >= 4 is 29.3 Å². The number of pyridine rings is 1. The third-order valence-corrected chi connectivity index (χ3v) is 5.19. The molecule has 20 heavy (non-hydrogen) atoms. The summed E-state index contributed by atoms with van der Waals surface area (Å²) in [6.07, 6.45) is 7.61. The smallest absolute Gasteiger partial charge is 0.243 e. The standard InChI is InChI=1S/C14H17N3O2S/c15-10-8-16-6-5-11(10)20-12-7-13(18)17(14(12)19)9-3-1-2-4-9/h5-6,8-9,12H,1-4,7,15H2. The third-order valence-electron chi connectivity index (χ3n) is 3.91. The SMILES string of the molecule is Nc1cnccc1SC1CC(=O)N(C2CCCC2)C1=O. The van der Waals surface area contributed by atoms with Gasteiger partial charge in [-0.05, 0) is 18.9 Å². The number of carbonyl (C=O) groups excluding carboxylic acids is 2. The van der Waals surface area contributed by atoms with Gasteiger partial charge in [0.05, 0.1) is 17.1 Å². The van der Waals surface area contributed by atoms with Gasteiger partial charge in [0.15, 0.2) is 0 Å². The maximum atomic E-state index is 12.4. The zero-order valence-electron chi connectivity index (χ0n) is 11.1. The number of anilines is 1. The summed E-state index contributed by atoms with van der Waals surface area (Å²) < 4.78 is 0. The minimum Gasteiger partial charge on any atom is -0.397 e. The van der Waals surface area contributed by atoms with Crippen LogP contribution in [0.5, 0.6) is 0 Å². The summed E-state index contributed by atoms with van der Waals surface area (Å²) in [6, 6.07) is 1.91. The van der Waals surface area contributed by atoms with Crippen LogP contribution in [0.25, 0.3) is 0 Å². The van der Waals surface area contributed by atoms with Crippen LogP contribution in [-0.4, -0.2) is 33.0 Å². The monoisotopic (exact) mass is 291 g/mol. The highest BCUT2D eigenvalue weighted by atomic mass is 32.2. The summed E-state index contributed by atoms with van der Waals surface area (Å²) in [5, 5.41) is -0.340. The molecule has 1 unspecified atom stereocenters. The maximum Gasteiger partial charge on any atom is 0.243 e. The van der Waals surface area contributed by atoms with Gasteiger partial charge in [0.2, 0.25) is 11.8 Å². The van der Waals surface area contributed by atoms with Crippen LogP contribution in [0.2, 0.25) is 0 Å². The van der Waals surface area contributed by atoms with Crippen LogP contribution in [0.4, 0.5) is 5.69 Å². The Hall–Kier alpha value is -1.56. The van der Waals surface area contributed by atoms with Gasteiger partial charge in [0.1, 0.15) is 0 Å². The van der Waals surface area contributed by atoms with E-state index < -0.39 is 0 Å². The molecule has 0 aromatic carbocycles. The molecule has 1 aliphatic carbocycles. The maximum absolute atomic E-state index is 12.4. The Morgan fingerprint density at radius 3 is 2.75 bits per heavy atom. The van der Waals surface area contributed by atoms with Crippen molar-refractivity contribution in [3.63, 3.8) is 0 Å². The molecule has 1 atom stereocenters. The van der Waals surface area contributed by atoms with Crippen LogP contribution in [0.1, 0.15) is 32.1 Å². The second-order valence-corrected chi connectivity index (χ2v) is 6.51. The molecule has 2 amide bonds. The van der Waals surface area contributed by atoms with E-state index in [9.17, 15) is 9.59 Å². The van der Waals surface area contributed by atoms with Crippen molar-refractivity contribution in [1.29, 1.82) is 0 Å². The molecule has 5 nitrogen and oxygen atoms in total. The largest absolute Gasteiger partial charge is 0.397 e. The number of aromatic nitrogens is 1. The van der Waals surface area contributed by atoms with Gasteiger partial charge in [-0.1, -0.05) is 12.8 Å². The van der Waals surface area contributed by atoms with Gasteiger partial charge in [-0.2, -0.15) is 0 Å². The van der Waals surface area contributed by atoms with E-state index in [1.807, 2.05) is 0 Å². The van der Waals surface area contributed by atoms with Crippen LogP contribution >= 0.6 is 11.8 Å². The number of nitrogen functional groups attached to an aromatic ring is 1. The van der Waals surface area contributed by atoms with Gasteiger partial charge in [-0.3, -0.25) is 19.5 Å². The lowest BCUT2D eigenvalue weighted by atomic mass is 10.2. The number of hydrogen-bond acceptors (Lipinski definition) is 5. The molecule has 6 heteroatoms. The molecular weight excluding hydrogens is 274 g/mol. The second-order valence-electron chi connectivity index (χ2n) is 5.26. The Kier molecular flexibility index (Phi) is 3.65. The van der Waals surface area contributed by atoms with Crippen molar-refractivity contribution in [2.24, 2.45) is 0 Å². The molecular formula is C14H17N3O2S. The first kappa shape index (κ1) is 13.4. The van der Waals surface area contributed by atoms with Gasteiger partial charge < -0.3 is 5.73 Å². The number of nitrogens with zero attached hydrogens (tertiary/aromatic N) is 2. The number of rotatable bonds is 3. The van der Waals surface area contributed by atoms with E-state index >= 15 is 0 Å². The van der Waals surface area contributed by atoms with Crippen molar-refractivity contribution in [2.75, 3.05) is 5.73 Å². The highest BCUT2D eigenvalue weighted by molar-refractivity contribution is 8.00. The molecule has 2 aliphatic rings. The summed E-state index contributed by atoms with van der Waals surface area (Å²) in [5.74, 6) is -0.0878. The first-order valence-corrected chi connectivity index (χ1v) is 7.77. The molecule has 2 heterocycles. The molecule has 1 aromatic rings. The topological polar surface area (TPSA) is 76.3 Å². The lowest BCUT2D eigenvalue weighted by molar-refractivity contribution is -0.140. The van der Waals surface area contributed by atoms with Gasteiger partial charge >= 0.3 is 0 Å². The summed E-state index contributed by atoms with van der Waals surface area (Å²) in [5.41, 5.74) is 6.40. The fraction of sp³-hybridized carbons (Fsp3) is 0.500. The lowest BCUT2D eigenvalue weighted by Gasteiger charge is -2.22. The van der Waals surface area contributed by atoms with Crippen molar-refractivity contribution in [3.8, 4) is 0 Å². The fourth-order valence-electron chi connectivity index (χ4n) is 2.91. The van der Waals surface area contributed by atoms with Crippen LogP contribution in [0, 0.1) is 0 Å². The van der Waals surface area contributed by atoms with Crippen molar-refractivity contribution in [2.45, 2.75) is 48.3 Å². The van der Waals surface area contributed by atoms with E-state index in [0.717, 1.165) is 30.6 Å². The van der Waals surface area contributed by atoms with E-state index in [1.54, 1.807) is 18.5 Å². The molecule has 3 rings (SSSR count). The van der Waals surface area contributed by atoms with Crippen LogP contribution in [-0.2, 0) is 9.59 Å². The quantitative estimate of drug-likeness (QED) is 0.860. The Morgan fingerprint density at radius 1 is 1.30 bits per heavy atom. The summed E-state index contributed by atoms with van der Waals surface area (Å²) in [7, 11) is 0. The average molecular weight is 291 g/mol. The number of thioether (sulfide) groups is 1. The Balaban J connectivity index is 1.74. The van der Waals surface area contributed by atoms with E-state index in [1.165, 1.54) is 16.7 Å². The zero-order chi connectivity index (χ0) is 14.1. The van der Waals surface area contributed by atoms with Crippen LogP contribution < -0.4 is 5.73 Å². The van der Waals surface area contributed by atoms with Gasteiger partial charge in [-0.15, -0.1) is 11.8 Å². The lowest BCUT2D eigenvalue weighted by Crippen LogP contribution is -2.39. The van der Waals surface area contributed by atoms with Gasteiger partial charge in [0.25, 0.3) is 0 Å². The molecule has 1 aromatic heterocycles. The van der Waals surface area contributed by atoms with E-state index in [2.05, 4.69) is 4.98 Å². The van der Waals surface area contributed by atoms with E-state index in [0.29, 0.717) is 5.69 Å². The van der Waals surface area contributed by atoms with E-state index in [-0.39, 0.29) is 29.5 Å². The number of carbonyl (C=O) groups is 2. The molecule has 0 spiro atoms. The molecule has 1 aliphatic heterocycles. The molecule has 0 bridgehead atoms. The zero-order valence-corrected chi connectivity index (χ0v) is 11.9. The number of imide groups is 1. The molecule has 1 saturated carbocycles. The Bertz CT molecular complexity index is 543. The van der Waals surface area contributed by atoms with Gasteiger partial charge in [-0.25, -0.2) is 0 Å². The summed E-state index contributed by atoms with van der Waals surface area (Å²) >= 11 is 1.38. The first-order valence-electron chi connectivity index (χ1n) is 6.89. The predicted molar refractivity (Wildman–Crippen MR) is 77.0 cm³/mol. The number of amides is 2. The summed E-state index contributed by atoms with van der Waals surface area (Å²) in [4.78, 5) is 30.8. The van der Waals surface area contributed by atoms with Gasteiger partial charge in [0, 0.05) is 23.6 Å². The van der Waals surface area contributed by atoms with Crippen LogP contribution in [0.3, 0.4) is 0 Å².